The molecule has 0 N–H and O–H groups in total. The van der Waals surface area contributed by atoms with E-state index in [2.05, 4.69) is 141 Å². The van der Waals surface area contributed by atoms with Gasteiger partial charge < -0.3 is 18.0 Å². The predicted octanol–water partition coefficient (Wildman–Crippen LogP) is 15.4. The average Bonchev–Trinajstić information content (AvgIpc) is 4.08. The number of aromatic nitrogens is 2. The van der Waals surface area contributed by atoms with Crippen molar-refractivity contribution >= 4 is 93.2 Å². The van der Waals surface area contributed by atoms with E-state index in [0.29, 0.717) is 22.6 Å². The Hall–Kier alpha value is -8.84. The van der Waals surface area contributed by atoms with Crippen LogP contribution in [0.3, 0.4) is 0 Å². The smallest absolute Gasteiger partial charge is 0.212 e. The maximum absolute atomic E-state index is 10.9. The number of rotatable bonds is 4. The van der Waals surface area contributed by atoms with E-state index in [1.54, 1.807) is 6.07 Å². The maximum Gasteiger partial charge on any atom is 0.212 e. The summed E-state index contributed by atoms with van der Waals surface area (Å²) in [5.41, 5.74) is 13.3. The number of furan rings is 2. The first kappa shape index (κ1) is 34.1. The molecule has 0 saturated heterocycles. The second-order valence-corrected chi connectivity index (χ2v) is 15.8. The molecule has 13 rings (SSSR count). The third kappa shape index (κ3) is 4.72. The molecule has 0 bridgehead atoms. The zero-order chi connectivity index (χ0) is 41.1. The van der Waals surface area contributed by atoms with Crippen molar-refractivity contribution in [2.75, 3.05) is 0 Å². The molecule has 0 saturated carbocycles. The Morgan fingerprint density at radius 1 is 0.419 bits per heavy atom. The highest BCUT2D eigenvalue weighted by atomic mass is 16.3. The normalized spacial score (nSPS) is 11.8. The zero-order valence-corrected chi connectivity index (χ0v) is 32.9. The molecule has 0 radical (unpaired) electrons. The van der Waals surface area contributed by atoms with Gasteiger partial charge in [0.05, 0.1) is 62.4 Å². The summed E-state index contributed by atoms with van der Waals surface area (Å²) in [5.74, 6) is 0. The molecule has 13 aromatic rings. The fourth-order valence-electron chi connectivity index (χ4n) is 9.82. The Labute approximate surface area is 353 Å². The molecular formula is C56H30N4O2. The van der Waals surface area contributed by atoms with Gasteiger partial charge in [-0.05, 0) is 95.1 Å². The van der Waals surface area contributed by atoms with Gasteiger partial charge in [0.25, 0.3) is 0 Å². The molecule has 0 aliphatic rings. The van der Waals surface area contributed by atoms with Crippen LogP contribution in [0.15, 0.2) is 191 Å². The quantitative estimate of drug-likeness (QED) is 0.167. The predicted molar refractivity (Wildman–Crippen MR) is 252 cm³/mol. The van der Waals surface area contributed by atoms with E-state index in [0.717, 1.165) is 110 Å². The Bertz CT molecular complexity index is 3850. The fourth-order valence-corrected chi connectivity index (χ4v) is 9.82. The highest BCUT2D eigenvalue weighted by Crippen LogP contribution is 2.46. The van der Waals surface area contributed by atoms with E-state index in [1.165, 1.54) is 0 Å². The van der Waals surface area contributed by atoms with Crippen molar-refractivity contribution in [2.24, 2.45) is 0 Å². The molecule has 286 valence electrons. The number of nitriles is 1. The molecule has 4 heterocycles. The average molecular weight is 791 g/mol. The van der Waals surface area contributed by atoms with Crippen LogP contribution in [-0.2, 0) is 0 Å². The summed E-state index contributed by atoms with van der Waals surface area (Å²) >= 11 is 0. The zero-order valence-electron chi connectivity index (χ0n) is 32.9. The molecule has 6 nitrogen and oxygen atoms in total. The summed E-state index contributed by atoms with van der Waals surface area (Å²) in [4.78, 5) is 4.10. The minimum atomic E-state index is 0.368. The maximum atomic E-state index is 10.9. The molecule has 0 aliphatic carbocycles. The van der Waals surface area contributed by atoms with Crippen molar-refractivity contribution in [1.29, 1.82) is 5.26 Å². The van der Waals surface area contributed by atoms with Crippen LogP contribution in [0, 0.1) is 17.9 Å². The van der Waals surface area contributed by atoms with Gasteiger partial charge in [-0.25, -0.2) is 4.85 Å². The number of hydrogen-bond acceptors (Lipinski definition) is 3. The van der Waals surface area contributed by atoms with Crippen LogP contribution in [0.4, 0.5) is 5.69 Å². The molecule has 4 aromatic heterocycles. The van der Waals surface area contributed by atoms with Gasteiger partial charge in [0.15, 0.2) is 0 Å². The van der Waals surface area contributed by atoms with Crippen LogP contribution in [-0.4, -0.2) is 9.13 Å². The molecular weight excluding hydrogens is 761 g/mol. The largest absolute Gasteiger partial charge is 0.455 e. The topological polar surface area (TPSA) is 64.3 Å². The third-order valence-corrected chi connectivity index (χ3v) is 12.6. The fraction of sp³-hybridized carbons (Fsp3) is 0. The van der Waals surface area contributed by atoms with Crippen LogP contribution in [0.1, 0.15) is 5.56 Å². The second-order valence-electron chi connectivity index (χ2n) is 15.8. The number of para-hydroxylation sites is 2. The van der Waals surface area contributed by atoms with Crippen LogP contribution in [0.25, 0.3) is 126 Å². The summed E-state index contributed by atoms with van der Waals surface area (Å²) in [6, 6.07) is 64.8. The highest BCUT2D eigenvalue weighted by Gasteiger charge is 2.25. The molecule has 9 aromatic carbocycles. The number of benzene rings is 9. The molecule has 0 aliphatic heterocycles. The number of nitrogens with zero attached hydrogens (tertiary/aromatic N) is 4. The van der Waals surface area contributed by atoms with E-state index in [-0.39, 0.29) is 0 Å². The van der Waals surface area contributed by atoms with E-state index < -0.39 is 0 Å². The van der Waals surface area contributed by atoms with E-state index in [9.17, 15) is 5.26 Å². The van der Waals surface area contributed by atoms with Gasteiger partial charge in [0.1, 0.15) is 22.3 Å². The minimum Gasteiger partial charge on any atom is -0.455 e. The van der Waals surface area contributed by atoms with Crippen molar-refractivity contribution in [3.63, 3.8) is 0 Å². The summed E-state index contributed by atoms with van der Waals surface area (Å²) < 4.78 is 17.8. The monoisotopic (exact) mass is 790 g/mol. The van der Waals surface area contributed by atoms with Crippen LogP contribution in [0.5, 0.6) is 0 Å². The van der Waals surface area contributed by atoms with Crippen molar-refractivity contribution in [3.8, 4) is 39.7 Å². The standard InChI is InChI=1S/C56H30N4O2/c1-58-44-30-37(32-57)49(59-45-24-20-35(33-12-4-2-5-13-33)28-42(45)53-47(59)26-22-40-38-16-8-10-18-51(38)61-55(40)53)31-50(44)60-46-25-21-36(34-14-6-3-7-15-34)29-43(46)54-48(60)27-23-41-39-17-9-11-19-52(39)62-56(41)54/h2-31H. The Morgan fingerprint density at radius 3 is 1.39 bits per heavy atom. The van der Waals surface area contributed by atoms with E-state index >= 15 is 0 Å². The summed E-state index contributed by atoms with van der Waals surface area (Å²) in [6.07, 6.45) is 0. The highest BCUT2D eigenvalue weighted by molar-refractivity contribution is 6.26. The molecule has 0 unspecified atom stereocenters. The van der Waals surface area contributed by atoms with Gasteiger partial charge >= 0.3 is 0 Å². The minimum absolute atomic E-state index is 0.368. The molecule has 0 fully saturated rings. The van der Waals surface area contributed by atoms with Crippen molar-refractivity contribution in [2.45, 2.75) is 0 Å². The van der Waals surface area contributed by atoms with E-state index in [4.69, 9.17) is 15.4 Å². The van der Waals surface area contributed by atoms with Gasteiger partial charge in [0, 0.05) is 32.3 Å². The first-order valence-corrected chi connectivity index (χ1v) is 20.5. The molecule has 0 atom stereocenters. The molecule has 62 heavy (non-hydrogen) atoms. The number of fused-ring (bicyclic) bond motifs is 14. The Morgan fingerprint density at radius 2 is 0.887 bits per heavy atom. The van der Waals surface area contributed by atoms with Crippen LogP contribution in [0.2, 0.25) is 0 Å². The van der Waals surface area contributed by atoms with Crippen molar-refractivity contribution in [1.82, 2.24) is 9.13 Å². The Balaban J connectivity index is 1.15. The summed E-state index contributed by atoms with van der Waals surface area (Å²) in [6.45, 7) is 8.55. The van der Waals surface area contributed by atoms with Gasteiger partial charge in [-0.1, -0.05) is 109 Å². The molecule has 0 spiro atoms. The van der Waals surface area contributed by atoms with Crippen LogP contribution < -0.4 is 0 Å². The SMILES string of the molecule is [C-]#[N+]c1cc(C#N)c(-n2c3ccc(-c4ccccc4)cc3c3c4oc5ccccc5c4ccc32)cc1-n1c2ccc(-c3ccccc3)cc2c2c3oc4ccccc4c3ccc21. The number of hydrogen-bond donors (Lipinski definition) is 0. The Kier molecular flexibility index (Phi) is 7.05. The molecule has 6 heteroatoms. The van der Waals surface area contributed by atoms with Gasteiger partial charge in [-0.15, -0.1) is 0 Å². The first-order valence-electron chi connectivity index (χ1n) is 20.5. The lowest BCUT2D eigenvalue weighted by atomic mass is 10.0. The van der Waals surface area contributed by atoms with Gasteiger partial charge in [-0.2, -0.15) is 5.26 Å². The van der Waals surface area contributed by atoms with Gasteiger partial charge in [0.2, 0.25) is 5.69 Å². The van der Waals surface area contributed by atoms with E-state index in [1.807, 2.05) is 54.6 Å². The summed E-state index contributed by atoms with van der Waals surface area (Å²) in [5, 5.41) is 19.0. The van der Waals surface area contributed by atoms with Gasteiger partial charge in [-0.3, -0.25) is 0 Å². The lowest BCUT2D eigenvalue weighted by molar-refractivity contribution is 0.672. The lowest BCUT2D eigenvalue weighted by Crippen LogP contribution is -2.02. The lowest BCUT2D eigenvalue weighted by Gasteiger charge is -2.16. The van der Waals surface area contributed by atoms with Crippen LogP contribution >= 0.6 is 0 Å². The van der Waals surface area contributed by atoms with Crippen molar-refractivity contribution < 1.29 is 8.83 Å². The van der Waals surface area contributed by atoms with Crippen molar-refractivity contribution in [3.05, 3.63) is 199 Å². The molecule has 0 amide bonds. The third-order valence-electron chi connectivity index (χ3n) is 12.6. The first-order chi connectivity index (χ1) is 30.7. The summed E-state index contributed by atoms with van der Waals surface area (Å²) in [7, 11) is 0. The second kappa shape index (κ2) is 12.8.